The van der Waals surface area contributed by atoms with Gasteiger partial charge in [0.1, 0.15) is 5.69 Å². The highest BCUT2D eigenvalue weighted by Gasteiger charge is 2.05. The average Bonchev–Trinajstić information content (AvgIpc) is 2.47. The fourth-order valence-corrected chi connectivity index (χ4v) is 1.16. The van der Waals surface area contributed by atoms with Crippen molar-refractivity contribution in [2.75, 3.05) is 0 Å². The summed E-state index contributed by atoms with van der Waals surface area (Å²) >= 11 is 0. The zero-order valence-corrected chi connectivity index (χ0v) is 7.06. The molecule has 0 saturated heterocycles. The molecule has 0 bridgehead atoms. The van der Waals surface area contributed by atoms with Crippen LogP contribution < -0.4 is 5.73 Å². The predicted octanol–water partition coefficient (Wildman–Crippen LogP) is 0.0672. The van der Waals surface area contributed by atoms with Crippen LogP contribution in [0, 0.1) is 0 Å². The molecule has 0 aromatic carbocycles. The molecule has 2 heterocycles. The average molecular weight is 176 g/mol. The summed E-state index contributed by atoms with van der Waals surface area (Å²) in [5.41, 5.74) is 6.02. The van der Waals surface area contributed by atoms with E-state index in [9.17, 15) is 4.79 Å². The third-order valence-electron chi connectivity index (χ3n) is 1.83. The molecule has 0 spiro atoms. The minimum absolute atomic E-state index is 0.260. The summed E-state index contributed by atoms with van der Waals surface area (Å²) in [7, 11) is 1.76. The van der Waals surface area contributed by atoms with Gasteiger partial charge in [0.15, 0.2) is 5.65 Å². The van der Waals surface area contributed by atoms with E-state index in [1.54, 1.807) is 30.1 Å². The molecule has 0 unspecified atom stereocenters. The van der Waals surface area contributed by atoms with Crippen molar-refractivity contribution >= 4 is 16.9 Å². The normalized spacial score (nSPS) is 10.5. The van der Waals surface area contributed by atoms with E-state index < -0.39 is 5.91 Å². The molecule has 0 aliphatic rings. The summed E-state index contributed by atoms with van der Waals surface area (Å²) in [6, 6.07) is 3.36. The van der Waals surface area contributed by atoms with Crippen LogP contribution in [0.5, 0.6) is 0 Å². The molecular formula is C8H8N4O. The number of fused-ring (bicyclic) bond motifs is 1. The molecule has 0 aliphatic carbocycles. The van der Waals surface area contributed by atoms with Gasteiger partial charge in [0.25, 0.3) is 5.91 Å². The van der Waals surface area contributed by atoms with Gasteiger partial charge in [-0.3, -0.25) is 9.48 Å². The lowest BCUT2D eigenvalue weighted by molar-refractivity contribution is 0.0996. The topological polar surface area (TPSA) is 73.8 Å². The Balaban J connectivity index is 2.72. The highest BCUT2D eigenvalue weighted by atomic mass is 16.1. The number of carbonyl (C=O) groups is 1. The zero-order valence-electron chi connectivity index (χ0n) is 7.06. The van der Waals surface area contributed by atoms with E-state index >= 15 is 0 Å². The molecule has 0 fully saturated rings. The van der Waals surface area contributed by atoms with Gasteiger partial charge in [0.2, 0.25) is 0 Å². The number of pyridine rings is 1. The van der Waals surface area contributed by atoms with Crippen LogP contribution in [-0.2, 0) is 7.05 Å². The molecular weight excluding hydrogens is 168 g/mol. The van der Waals surface area contributed by atoms with Gasteiger partial charge < -0.3 is 5.73 Å². The second kappa shape index (κ2) is 2.55. The summed E-state index contributed by atoms with van der Waals surface area (Å²) in [6.45, 7) is 0. The summed E-state index contributed by atoms with van der Waals surface area (Å²) in [4.78, 5) is 14.9. The van der Waals surface area contributed by atoms with Crippen molar-refractivity contribution in [1.82, 2.24) is 14.8 Å². The van der Waals surface area contributed by atoms with E-state index in [0.29, 0.717) is 5.65 Å². The second-order valence-corrected chi connectivity index (χ2v) is 2.74. The Morgan fingerprint density at radius 3 is 3.00 bits per heavy atom. The van der Waals surface area contributed by atoms with E-state index in [4.69, 9.17) is 5.73 Å². The second-order valence-electron chi connectivity index (χ2n) is 2.74. The maximum atomic E-state index is 10.8. The Bertz CT molecular complexity index is 474. The number of rotatable bonds is 1. The van der Waals surface area contributed by atoms with Crippen molar-refractivity contribution in [3.05, 3.63) is 24.0 Å². The van der Waals surface area contributed by atoms with E-state index in [1.165, 1.54) is 0 Å². The molecule has 5 nitrogen and oxygen atoms in total. The SMILES string of the molecule is Cn1ncc2ccc(C(N)=O)nc21. The first-order valence-corrected chi connectivity index (χ1v) is 3.77. The van der Waals surface area contributed by atoms with Gasteiger partial charge in [-0.15, -0.1) is 0 Å². The van der Waals surface area contributed by atoms with Gasteiger partial charge in [-0.2, -0.15) is 5.10 Å². The van der Waals surface area contributed by atoms with Crippen LogP contribution in [0.4, 0.5) is 0 Å². The van der Waals surface area contributed by atoms with Gasteiger partial charge in [-0.1, -0.05) is 0 Å². The first kappa shape index (κ1) is 7.72. The van der Waals surface area contributed by atoms with Gasteiger partial charge in [-0.05, 0) is 12.1 Å². The Labute approximate surface area is 74.2 Å². The van der Waals surface area contributed by atoms with E-state index in [-0.39, 0.29) is 5.69 Å². The number of hydrogen-bond donors (Lipinski definition) is 1. The van der Waals surface area contributed by atoms with Gasteiger partial charge in [0.05, 0.1) is 6.20 Å². The Morgan fingerprint density at radius 2 is 2.31 bits per heavy atom. The number of primary amides is 1. The molecule has 0 saturated carbocycles. The number of nitrogens with zero attached hydrogens (tertiary/aromatic N) is 3. The number of carbonyl (C=O) groups excluding carboxylic acids is 1. The van der Waals surface area contributed by atoms with Crippen LogP contribution in [0.15, 0.2) is 18.3 Å². The molecule has 0 aliphatic heterocycles. The highest BCUT2D eigenvalue weighted by Crippen LogP contribution is 2.10. The number of amides is 1. The number of nitrogens with two attached hydrogens (primary N) is 1. The first-order chi connectivity index (χ1) is 6.18. The first-order valence-electron chi connectivity index (χ1n) is 3.77. The van der Waals surface area contributed by atoms with Crippen molar-refractivity contribution in [3.8, 4) is 0 Å². The summed E-state index contributed by atoms with van der Waals surface area (Å²) in [5, 5.41) is 4.89. The van der Waals surface area contributed by atoms with Crippen molar-refractivity contribution in [2.24, 2.45) is 12.8 Å². The van der Waals surface area contributed by atoms with Crippen LogP contribution in [0.3, 0.4) is 0 Å². The van der Waals surface area contributed by atoms with Crippen LogP contribution in [0.1, 0.15) is 10.5 Å². The molecule has 5 heteroatoms. The van der Waals surface area contributed by atoms with Crippen molar-refractivity contribution in [2.45, 2.75) is 0 Å². The van der Waals surface area contributed by atoms with Crippen molar-refractivity contribution in [3.63, 3.8) is 0 Å². The Hall–Kier alpha value is -1.91. The summed E-state index contributed by atoms with van der Waals surface area (Å²) in [6.07, 6.45) is 1.69. The minimum Gasteiger partial charge on any atom is -0.364 e. The van der Waals surface area contributed by atoms with Crippen LogP contribution in [-0.4, -0.2) is 20.7 Å². The number of aromatic nitrogens is 3. The van der Waals surface area contributed by atoms with Crippen LogP contribution in [0.2, 0.25) is 0 Å². The molecule has 0 atom stereocenters. The quantitative estimate of drug-likeness (QED) is 0.668. The maximum absolute atomic E-state index is 10.8. The van der Waals surface area contributed by atoms with Crippen LogP contribution in [0.25, 0.3) is 11.0 Å². The van der Waals surface area contributed by atoms with Gasteiger partial charge in [-0.25, -0.2) is 4.98 Å². The molecule has 2 rings (SSSR count). The molecule has 2 N–H and O–H groups in total. The van der Waals surface area contributed by atoms with E-state index in [1.807, 2.05) is 0 Å². The molecule has 0 radical (unpaired) electrons. The fourth-order valence-electron chi connectivity index (χ4n) is 1.16. The molecule has 13 heavy (non-hydrogen) atoms. The third-order valence-corrected chi connectivity index (χ3v) is 1.83. The van der Waals surface area contributed by atoms with Crippen molar-refractivity contribution in [1.29, 1.82) is 0 Å². The Kier molecular flexibility index (Phi) is 1.51. The largest absolute Gasteiger partial charge is 0.364 e. The number of aryl methyl sites for hydroxylation is 1. The van der Waals surface area contributed by atoms with Crippen molar-refractivity contribution < 1.29 is 4.79 Å². The smallest absolute Gasteiger partial charge is 0.267 e. The third kappa shape index (κ3) is 1.14. The number of hydrogen-bond acceptors (Lipinski definition) is 3. The Morgan fingerprint density at radius 1 is 1.54 bits per heavy atom. The lowest BCUT2D eigenvalue weighted by atomic mass is 10.3. The molecule has 1 amide bonds. The highest BCUT2D eigenvalue weighted by molar-refractivity contribution is 5.93. The van der Waals surface area contributed by atoms with Crippen LogP contribution >= 0.6 is 0 Å². The monoisotopic (exact) mass is 176 g/mol. The van der Waals surface area contributed by atoms with E-state index in [2.05, 4.69) is 10.1 Å². The maximum Gasteiger partial charge on any atom is 0.267 e. The predicted molar refractivity (Wildman–Crippen MR) is 47.0 cm³/mol. The summed E-state index contributed by atoms with van der Waals surface area (Å²) < 4.78 is 1.60. The summed E-state index contributed by atoms with van der Waals surface area (Å²) in [5.74, 6) is -0.525. The fraction of sp³-hybridized carbons (Fsp3) is 0.125. The molecule has 66 valence electrons. The molecule has 2 aromatic heterocycles. The van der Waals surface area contributed by atoms with E-state index in [0.717, 1.165) is 5.39 Å². The lowest BCUT2D eigenvalue weighted by Crippen LogP contribution is -2.13. The zero-order chi connectivity index (χ0) is 9.42. The van der Waals surface area contributed by atoms with Gasteiger partial charge >= 0.3 is 0 Å². The minimum atomic E-state index is -0.525. The lowest BCUT2D eigenvalue weighted by Gasteiger charge is -1.95. The van der Waals surface area contributed by atoms with Gasteiger partial charge in [0, 0.05) is 12.4 Å². The molecule has 2 aromatic rings. The standard InChI is InChI=1S/C8H8N4O/c1-12-8-5(4-10-12)2-3-6(11-8)7(9)13/h2-4H,1H3,(H2,9,13).